The minimum atomic E-state index is -0.885. The van der Waals surface area contributed by atoms with Gasteiger partial charge in [0.2, 0.25) is 0 Å². The minimum Gasteiger partial charge on any atom is -0.504 e. The second-order valence-electron chi connectivity index (χ2n) is 5.36. The number of hydrazone groups is 1. The van der Waals surface area contributed by atoms with E-state index in [-0.39, 0.29) is 5.75 Å². The number of phenols is 1. The van der Waals surface area contributed by atoms with Crippen LogP contribution < -0.4 is 15.5 Å². The van der Waals surface area contributed by atoms with Crippen LogP contribution in [0.3, 0.4) is 0 Å². The van der Waals surface area contributed by atoms with Crippen molar-refractivity contribution in [3.63, 3.8) is 0 Å². The first-order valence-corrected chi connectivity index (χ1v) is 8.22. The molecule has 0 spiro atoms. The Morgan fingerprint density at radius 3 is 2.50 bits per heavy atom. The Hall–Kier alpha value is -3.35. The summed E-state index contributed by atoms with van der Waals surface area (Å²) in [6, 6.07) is 11.9. The topological polar surface area (TPSA) is 100 Å². The highest BCUT2D eigenvalue weighted by Gasteiger charge is 2.12. The smallest absolute Gasteiger partial charge is 0.329 e. The van der Waals surface area contributed by atoms with Gasteiger partial charge in [-0.15, -0.1) is 0 Å². The second kappa shape index (κ2) is 9.22. The van der Waals surface area contributed by atoms with Gasteiger partial charge in [-0.25, -0.2) is 5.43 Å². The van der Waals surface area contributed by atoms with Gasteiger partial charge in [-0.3, -0.25) is 9.59 Å². The fraction of sp³-hybridized carbons (Fsp3) is 0.211. The number of hydrogen-bond donors (Lipinski definition) is 3. The third-order valence-electron chi connectivity index (χ3n) is 3.49. The first-order valence-electron chi connectivity index (χ1n) is 8.22. The van der Waals surface area contributed by atoms with Crippen LogP contribution in [0.15, 0.2) is 47.6 Å². The molecule has 0 atom stereocenters. The minimum absolute atomic E-state index is 0.0153. The zero-order valence-electron chi connectivity index (χ0n) is 14.7. The maximum Gasteiger partial charge on any atom is 0.329 e. The van der Waals surface area contributed by atoms with Crippen molar-refractivity contribution >= 4 is 23.7 Å². The third-order valence-corrected chi connectivity index (χ3v) is 3.49. The molecule has 2 rings (SSSR count). The molecule has 2 aromatic carbocycles. The number of carbonyl (C=O) groups excluding carboxylic acids is 2. The number of anilines is 1. The predicted octanol–water partition coefficient (Wildman–Crippen LogP) is 2.44. The lowest BCUT2D eigenvalue weighted by atomic mass is 10.1. The average Bonchev–Trinajstić information content (AvgIpc) is 2.65. The van der Waals surface area contributed by atoms with Gasteiger partial charge in [0, 0.05) is 5.69 Å². The lowest BCUT2D eigenvalue weighted by molar-refractivity contribution is -0.136. The molecule has 0 unspecified atom stereocenters. The van der Waals surface area contributed by atoms with Crippen molar-refractivity contribution in [2.75, 3.05) is 11.9 Å². The maximum atomic E-state index is 11.8. The number of aromatic hydroxyl groups is 1. The number of nitrogens with zero attached hydrogens (tertiary/aromatic N) is 1. The molecule has 7 heteroatoms. The number of aryl methyl sites for hydroxylation is 1. The van der Waals surface area contributed by atoms with Gasteiger partial charge < -0.3 is 15.2 Å². The van der Waals surface area contributed by atoms with E-state index in [2.05, 4.69) is 15.8 Å². The summed E-state index contributed by atoms with van der Waals surface area (Å²) in [4.78, 5) is 23.6. The van der Waals surface area contributed by atoms with Gasteiger partial charge in [-0.1, -0.05) is 19.1 Å². The Bertz CT molecular complexity index is 801. The molecular weight excluding hydrogens is 334 g/mol. The molecule has 0 heterocycles. The van der Waals surface area contributed by atoms with E-state index in [4.69, 9.17) is 4.74 Å². The van der Waals surface area contributed by atoms with Gasteiger partial charge in [-0.2, -0.15) is 5.10 Å². The van der Waals surface area contributed by atoms with E-state index in [0.717, 1.165) is 12.0 Å². The van der Waals surface area contributed by atoms with E-state index in [9.17, 15) is 14.7 Å². The van der Waals surface area contributed by atoms with Crippen LogP contribution in [0.5, 0.6) is 11.5 Å². The molecule has 3 N–H and O–H groups in total. The Morgan fingerprint density at radius 1 is 1.12 bits per heavy atom. The van der Waals surface area contributed by atoms with E-state index in [1.807, 2.05) is 19.1 Å². The Morgan fingerprint density at radius 2 is 1.85 bits per heavy atom. The van der Waals surface area contributed by atoms with Crippen molar-refractivity contribution in [1.82, 2.24) is 5.43 Å². The molecule has 136 valence electrons. The number of carbonyl (C=O) groups is 2. The lowest BCUT2D eigenvalue weighted by Gasteiger charge is -2.06. The fourth-order valence-corrected chi connectivity index (χ4v) is 2.11. The van der Waals surface area contributed by atoms with E-state index >= 15 is 0 Å². The highest BCUT2D eigenvalue weighted by molar-refractivity contribution is 6.39. The highest BCUT2D eigenvalue weighted by Crippen LogP contribution is 2.26. The Balaban J connectivity index is 1.91. The molecule has 0 radical (unpaired) electrons. The quantitative estimate of drug-likeness (QED) is 0.421. The number of ether oxygens (including phenoxy) is 1. The standard InChI is InChI=1S/C19H21N3O4/c1-3-13-5-8-15(9-6-13)21-18(24)19(25)22-20-12-14-7-10-16(23)17(11-14)26-4-2/h5-12,23H,3-4H2,1-2H3,(H,21,24)(H,22,25)/b20-12+. The number of phenolic OH excluding ortho intramolecular Hbond substituents is 1. The number of rotatable bonds is 6. The molecule has 0 saturated carbocycles. The van der Waals surface area contributed by atoms with Crippen LogP contribution in [0.25, 0.3) is 0 Å². The van der Waals surface area contributed by atoms with Crippen LogP contribution in [0.4, 0.5) is 5.69 Å². The number of nitrogens with one attached hydrogen (secondary N) is 2. The molecule has 2 amide bonds. The van der Waals surface area contributed by atoms with E-state index in [1.54, 1.807) is 31.2 Å². The van der Waals surface area contributed by atoms with Gasteiger partial charge in [0.1, 0.15) is 0 Å². The van der Waals surface area contributed by atoms with Crippen molar-refractivity contribution in [3.8, 4) is 11.5 Å². The summed E-state index contributed by atoms with van der Waals surface area (Å²) in [7, 11) is 0. The first-order chi connectivity index (χ1) is 12.5. The van der Waals surface area contributed by atoms with Crippen molar-refractivity contribution in [2.45, 2.75) is 20.3 Å². The highest BCUT2D eigenvalue weighted by atomic mass is 16.5. The maximum absolute atomic E-state index is 11.8. The van der Waals surface area contributed by atoms with E-state index in [1.165, 1.54) is 12.3 Å². The van der Waals surface area contributed by atoms with Crippen molar-refractivity contribution in [1.29, 1.82) is 0 Å². The molecule has 0 aromatic heterocycles. The van der Waals surface area contributed by atoms with Crippen LogP contribution in [0.1, 0.15) is 25.0 Å². The number of hydrogen-bond acceptors (Lipinski definition) is 5. The summed E-state index contributed by atoms with van der Waals surface area (Å²) in [6.45, 7) is 4.24. The van der Waals surface area contributed by atoms with Crippen LogP contribution in [-0.4, -0.2) is 29.7 Å². The molecule has 7 nitrogen and oxygen atoms in total. The van der Waals surface area contributed by atoms with Crippen LogP contribution >= 0.6 is 0 Å². The average molecular weight is 355 g/mol. The third kappa shape index (κ3) is 5.34. The van der Waals surface area contributed by atoms with Crippen LogP contribution in [-0.2, 0) is 16.0 Å². The molecule has 0 saturated heterocycles. The molecule has 0 bridgehead atoms. The Labute approximate surface area is 151 Å². The first kappa shape index (κ1) is 19.0. The monoisotopic (exact) mass is 355 g/mol. The molecule has 0 fully saturated rings. The molecule has 26 heavy (non-hydrogen) atoms. The Kier molecular flexibility index (Phi) is 6.73. The van der Waals surface area contributed by atoms with E-state index < -0.39 is 11.8 Å². The number of benzene rings is 2. The van der Waals surface area contributed by atoms with Crippen molar-refractivity contribution < 1.29 is 19.4 Å². The van der Waals surface area contributed by atoms with Gasteiger partial charge in [0.15, 0.2) is 11.5 Å². The van der Waals surface area contributed by atoms with Gasteiger partial charge in [0.05, 0.1) is 12.8 Å². The largest absolute Gasteiger partial charge is 0.504 e. The molecule has 2 aromatic rings. The van der Waals surface area contributed by atoms with E-state index in [0.29, 0.717) is 23.6 Å². The van der Waals surface area contributed by atoms with Crippen LogP contribution in [0.2, 0.25) is 0 Å². The second-order valence-corrected chi connectivity index (χ2v) is 5.36. The molecule has 0 aliphatic carbocycles. The zero-order valence-corrected chi connectivity index (χ0v) is 14.7. The number of amides is 2. The van der Waals surface area contributed by atoms with Gasteiger partial charge in [-0.05, 0) is 54.8 Å². The van der Waals surface area contributed by atoms with Crippen LogP contribution in [0, 0.1) is 0 Å². The van der Waals surface area contributed by atoms with Crippen molar-refractivity contribution in [2.24, 2.45) is 5.10 Å². The predicted molar refractivity (Wildman–Crippen MR) is 99.5 cm³/mol. The summed E-state index contributed by atoms with van der Waals surface area (Å²) >= 11 is 0. The summed E-state index contributed by atoms with van der Waals surface area (Å²) in [6.07, 6.45) is 2.24. The summed E-state index contributed by atoms with van der Waals surface area (Å²) in [5.41, 5.74) is 4.42. The fourth-order valence-electron chi connectivity index (χ4n) is 2.11. The summed E-state index contributed by atoms with van der Waals surface area (Å²) < 4.78 is 5.26. The SMILES string of the molecule is CCOc1cc(/C=N/NC(=O)C(=O)Nc2ccc(CC)cc2)ccc1O. The summed E-state index contributed by atoms with van der Waals surface area (Å²) in [5.74, 6) is -1.37. The molecule has 0 aliphatic rings. The summed E-state index contributed by atoms with van der Waals surface area (Å²) in [5, 5.41) is 15.9. The zero-order chi connectivity index (χ0) is 18.9. The molecular formula is C19H21N3O4. The molecule has 0 aliphatic heterocycles. The lowest BCUT2D eigenvalue weighted by Crippen LogP contribution is -2.32. The van der Waals surface area contributed by atoms with Gasteiger partial charge >= 0.3 is 11.8 Å². The van der Waals surface area contributed by atoms with Gasteiger partial charge in [0.25, 0.3) is 0 Å². The van der Waals surface area contributed by atoms with Crippen molar-refractivity contribution in [3.05, 3.63) is 53.6 Å². The normalized spacial score (nSPS) is 10.5.